The first-order valence-electron chi connectivity index (χ1n) is 15.7. The van der Waals surface area contributed by atoms with Gasteiger partial charge in [-0.15, -0.1) is 0 Å². The maximum absolute atomic E-state index is 10.5. The monoisotopic (exact) mass is 616 g/mol. The van der Waals surface area contributed by atoms with Gasteiger partial charge < -0.3 is 10.2 Å². The van der Waals surface area contributed by atoms with Crippen LogP contribution in [0.4, 0.5) is 23.3 Å². The minimum Gasteiger partial charge on any atom is -0.506 e. The second-order valence-electron chi connectivity index (χ2n) is 11.9. The molecule has 0 aliphatic carbocycles. The van der Waals surface area contributed by atoms with Crippen molar-refractivity contribution in [1.82, 2.24) is 9.13 Å². The number of unbranched alkanes of at least 4 members (excludes halogenated alkanes) is 3. The van der Waals surface area contributed by atoms with Gasteiger partial charge in [-0.25, -0.2) is 18.3 Å². The molecule has 46 heavy (non-hydrogen) atoms. The Labute approximate surface area is 268 Å². The van der Waals surface area contributed by atoms with Crippen molar-refractivity contribution in [1.29, 1.82) is 0 Å². The van der Waals surface area contributed by atoms with Gasteiger partial charge in [0.05, 0.1) is 52.0 Å². The van der Waals surface area contributed by atoms with Crippen LogP contribution in [0.15, 0.2) is 106 Å². The second kappa shape index (κ2) is 13.3. The van der Waals surface area contributed by atoms with Gasteiger partial charge in [-0.3, -0.25) is 0 Å². The number of aryl methyl sites for hydroxylation is 6. The topological polar surface area (TPSA) is 108 Å². The molecule has 2 heterocycles. The average Bonchev–Trinajstić information content (AvgIpc) is 3.58. The fraction of sp³-hybridized carbons (Fsp3) is 0.278. The van der Waals surface area contributed by atoms with Crippen LogP contribution in [0.5, 0.6) is 11.5 Å². The predicted molar refractivity (Wildman–Crippen MR) is 179 cm³/mol. The molecule has 0 saturated carbocycles. The van der Waals surface area contributed by atoms with Crippen molar-refractivity contribution in [2.24, 2.45) is 34.6 Å². The number of benzene rings is 4. The number of fused-ring (bicyclic) bond motifs is 2. The molecule has 0 amide bonds. The molecule has 0 fully saturated rings. The lowest BCUT2D eigenvalue weighted by atomic mass is 10.1. The molecule has 0 spiro atoms. The van der Waals surface area contributed by atoms with E-state index < -0.39 is 0 Å². The van der Waals surface area contributed by atoms with E-state index in [4.69, 9.17) is 0 Å². The molecule has 10 nitrogen and oxygen atoms in total. The summed E-state index contributed by atoms with van der Waals surface area (Å²) in [6.07, 6.45) is 12.1. The van der Waals surface area contributed by atoms with Crippen molar-refractivity contribution in [3.63, 3.8) is 0 Å². The molecule has 6 rings (SSSR count). The summed E-state index contributed by atoms with van der Waals surface area (Å²) in [5.41, 5.74) is 3.17. The fourth-order valence-electron chi connectivity index (χ4n) is 5.77. The Morgan fingerprint density at radius 3 is 1.41 bits per heavy atom. The number of imidazole rings is 2. The van der Waals surface area contributed by atoms with Crippen molar-refractivity contribution in [2.45, 2.75) is 52.6 Å². The van der Waals surface area contributed by atoms with E-state index in [0.29, 0.717) is 11.4 Å². The highest BCUT2D eigenvalue weighted by Crippen LogP contribution is 2.37. The Morgan fingerprint density at radius 2 is 0.978 bits per heavy atom. The van der Waals surface area contributed by atoms with Crippen molar-refractivity contribution < 1.29 is 19.3 Å². The van der Waals surface area contributed by atoms with Crippen molar-refractivity contribution in [2.75, 3.05) is 0 Å². The number of phenolic OH excluding ortho intramolecular Hbond substituents is 2. The largest absolute Gasteiger partial charge is 0.506 e. The van der Waals surface area contributed by atoms with Crippen LogP contribution in [0.3, 0.4) is 0 Å². The van der Waals surface area contributed by atoms with E-state index in [1.54, 1.807) is 12.1 Å². The molecule has 0 radical (unpaired) electrons. The van der Waals surface area contributed by atoms with Crippen LogP contribution in [-0.2, 0) is 27.2 Å². The van der Waals surface area contributed by atoms with Gasteiger partial charge in [0, 0.05) is 21.0 Å². The van der Waals surface area contributed by atoms with E-state index in [9.17, 15) is 10.2 Å². The Morgan fingerprint density at radius 1 is 0.565 bits per heavy atom. The molecular formula is C36H40N8O2+2. The molecule has 2 aromatic heterocycles. The number of azo groups is 2. The summed E-state index contributed by atoms with van der Waals surface area (Å²) >= 11 is 0. The van der Waals surface area contributed by atoms with Crippen LogP contribution in [0, 0.1) is 13.8 Å². The minimum atomic E-state index is 0.116. The zero-order chi connectivity index (χ0) is 32.2. The molecule has 0 saturated heterocycles. The van der Waals surface area contributed by atoms with Gasteiger partial charge in [0.2, 0.25) is 0 Å². The molecule has 0 aliphatic rings. The predicted octanol–water partition coefficient (Wildman–Crippen LogP) is 8.36. The van der Waals surface area contributed by atoms with E-state index >= 15 is 0 Å². The average molecular weight is 617 g/mol. The molecule has 234 valence electrons. The molecule has 2 N–H and O–H groups in total. The number of aromatic nitrogens is 4. The molecule has 4 aromatic carbocycles. The third kappa shape index (κ3) is 6.51. The Kier molecular flexibility index (Phi) is 8.87. The normalized spacial score (nSPS) is 12.0. The van der Waals surface area contributed by atoms with E-state index in [2.05, 4.69) is 41.7 Å². The smallest absolute Gasteiger partial charge is 0.421 e. The number of nitrogens with zero attached hydrogens (tertiary/aromatic N) is 8. The standard InChI is InChI=1S/C36H38N8O2/c1-25-9-11-27-13-15-31(45)33(29(27)23-25)37-39-35-41(3)19-21-43(35)17-7-5-6-8-18-44-22-20-42(4)36(44)40-38-34-30-24-26(2)10-12-28(30)14-16-32(34)46/h9-16,19-24H,5-8,17-18H2,1-4H3/p+2. The van der Waals surface area contributed by atoms with Gasteiger partial charge >= 0.3 is 11.9 Å². The summed E-state index contributed by atoms with van der Waals surface area (Å²) in [6.45, 7) is 5.70. The van der Waals surface area contributed by atoms with E-state index in [1.165, 1.54) is 0 Å². The van der Waals surface area contributed by atoms with E-state index in [1.807, 2.05) is 98.3 Å². The highest BCUT2D eigenvalue weighted by atomic mass is 16.3. The van der Waals surface area contributed by atoms with Crippen LogP contribution in [0.2, 0.25) is 0 Å². The summed E-state index contributed by atoms with van der Waals surface area (Å²) in [7, 11) is 3.90. The molecule has 0 aliphatic heterocycles. The maximum Gasteiger partial charge on any atom is 0.421 e. The lowest BCUT2D eigenvalue weighted by molar-refractivity contribution is -0.657. The summed E-state index contributed by atoms with van der Waals surface area (Å²) in [5, 5.41) is 43.0. The third-order valence-electron chi connectivity index (χ3n) is 8.37. The number of hydrogen-bond donors (Lipinski definition) is 2. The van der Waals surface area contributed by atoms with Crippen LogP contribution in [0.1, 0.15) is 36.8 Å². The van der Waals surface area contributed by atoms with E-state index in [0.717, 1.165) is 83.3 Å². The van der Waals surface area contributed by atoms with Crippen molar-refractivity contribution in [3.8, 4) is 11.5 Å². The zero-order valence-electron chi connectivity index (χ0n) is 26.8. The van der Waals surface area contributed by atoms with Crippen LogP contribution in [0.25, 0.3) is 21.5 Å². The van der Waals surface area contributed by atoms with E-state index in [-0.39, 0.29) is 11.5 Å². The Hall–Kier alpha value is -5.38. The molecule has 10 heteroatoms. The summed E-state index contributed by atoms with van der Waals surface area (Å²) in [6, 6.07) is 19.3. The van der Waals surface area contributed by atoms with Crippen LogP contribution >= 0.6 is 0 Å². The third-order valence-corrected chi connectivity index (χ3v) is 8.37. The molecular weight excluding hydrogens is 576 g/mol. The minimum absolute atomic E-state index is 0.116. The molecule has 0 atom stereocenters. The highest BCUT2D eigenvalue weighted by Gasteiger charge is 2.18. The first-order chi connectivity index (χ1) is 22.3. The van der Waals surface area contributed by atoms with Gasteiger partial charge in [-0.05, 0) is 61.7 Å². The number of aromatic hydroxyl groups is 2. The second-order valence-corrected chi connectivity index (χ2v) is 11.9. The lowest BCUT2D eigenvalue weighted by Gasteiger charge is -2.04. The number of hydrogen-bond acceptors (Lipinski definition) is 6. The molecule has 0 bridgehead atoms. The van der Waals surface area contributed by atoms with Crippen LogP contribution < -0.4 is 9.13 Å². The summed E-state index contributed by atoms with van der Waals surface area (Å²) < 4.78 is 8.09. The Balaban J connectivity index is 1.06. The molecule has 0 unspecified atom stereocenters. The number of rotatable bonds is 11. The van der Waals surface area contributed by atoms with Gasteiger partial charge in [-0.1, -0.05) is 70.6 Å². The van der Waals surface area contributed by atoms with Crippen molar-refractivity contribution >= 4 is 44.8 Å². The number of phenols is 2. The Bertz CT molecular complexity index is 1930. The first-order valence-corrected chi connectivity index (χ1v) is 15.7. The van der Waals surface area contributed by atoms with Crippen molar-refractivity contribution in [3.05, 3.63) is 96.6 Å². The van der Waals surface area contributed by atoms with Gasteiger partial charge in [0.15, 0.2) is 11.4 Å². The summed E-state index contributed by atoms with van der Waals surface area (Å²) in [5.74, 6) is 1.69. The van der Waals surface area contributed by atoms with Gasteiger partial charge in [-0.2, -0.15) is 0 Å². The van der Waals surface area contributed by atoms with Gasteiger partial charge in [0.25, 0.3) is 0 Å². The summed E-state index contributed by atoms with van der Waals surface area (Å²) in [4.78, 5) is 0. The first kappa shape index (κ1) is 30.6. The highest BCUT2D eigenvalue weighted by molar-refractivity contribution is 5.96. The maximum atomic E-state index is 10.5. The fourth-order valence-corrected chi connectivity index (χ4v) is 5.77. The van der Waals surface area contributed by atoms with Crippen LogP contribution in [-0.4, -0.2) is 19.3 Å². The lowest BCUT2D eigenvalue weighted by Crippen LogP contribution is -2.25. The van der Waals surface area contributed by atoms with Gasteiger partial charge in [0.1, 0.15) is 11.5 Å². The quantitative estimate of drug-likeness (QED) is 0.0867. The zero-order valence-corrected chi connectivity index (χ0v) is 26.8. The SMILES string of the molecule is Cc1ccc2ccc(O)c(N=Nc3n(CCCCCCn4cc[n+](C)c4N=Nc4c(O)ccc5ccc(C)cc45)cc[n+]3C)c2c1. The molecule has 6 aromatic rings.